The van der Waals surface area contributed by atoms with Gasteiger partial charge in [-0.15, -0.1) is 0 Å². The van der Waals surface area contributed by atoms with Crippen LogP contribution in [0.15, 0.2) is 24.8 Å². The summed E-state index contributed by atoms with van der Waals surface area (Å²) in [4.78, 5) is 22.7. The Hall–Kier alpha value is -2.19. The van der Waals surface area contributed by atoms with Gasteiger partial charge < -0.3 is 15.0 Å². The average Bonchev–Trinajstić information content (AvgIpc) is 2.99. The summed E-state index contributed by atoms with van der Waals surface area (Å²) in [5.41, 5.74) is 0.703. The minimum absolute atomic E-state index is 0.0343. The molecule has 1 aliphatic rings. The Bertz CT molecular complexity index is 691. The van der Waals surface area contributed by atoms with Crippen LogP contribution in [0.1, 0.15) is 11.8 Å². The predicted octanol–water partition coefficient (Wildman–Crippen LogP) is 0.968. The standard InChI is InChI=1S/C14H17ClN6O2/c1-16-14-13(17-2-3-18-14)11-8-20(4-5-23-11)12(22)9-21-7-10(15)6-19-21/h2-3,6-7,11H,4-5,8-9H2,1H3,(H,16,18)/t11-/m0/s1. The molecule has 0 radical (unpaired) electrons. The molecule has 3 heterocycles. The van der Waals surface area contributed by atoms with Gasteiger partial charge in [0, 0.05) is 32.2 Å². The fourth-order valence-electron chi connectivity index (χ4n) is 2.48. The molecule has 0 unspecified atom stereocenters. The van der Waals surface area contributed by atoms with Crippen LogP contribution in [0, 0.1) is 0 Å². The third kappa shape index (κ3) is 3.59. The van der Waals surface area contributed by atoms with E-state index in [9.17, 15) is 4.79 Å². The summed E-state index contributed by atoms with van der Waals surface area (Å²) >= 11 is 5.82. The zero-order valence-corrected chi connectivity index (χ0v) is 13.4. The first-order valence-electron chi connectivity index (χ1n) is 7.23. The number of rotatable bonds is 4. The number of halogens is 1. The Morgan fingerprint density at radius 1 is 1.48 bits per heavy atom. The topological polar surface area (TPSA) is 85.2 Å². The Balaban J connectivity index is 1.69. The van der Waals surface area contributed by atoms with E-state index in [0.29, 0.717) is 36.2 Å². The summed E-state index contributed by atoms with van der Waals surface area (Å²) < 4.78 is 7.29. The first-order chi connectivity index (χ1) is 11.2. The van der Waals surface area contributed by atoms with Crippen LogP contribution < -0.4 is 5.32 Å². The van der Waals surface area contributed by atoms with Gasteiger partial charge in [0.1, 0.15) is 24.2 Å². The summed E-state index contributed by atoms with van der Waals surface area (Å²) in [6.07, 6.45) is 6.06. The Labute approximate surface area is 138 Å². The quantitative estimate of drug-likeness (QED) is 0.895. The predicted molar refractivity (Wildman–Crippen MR) is 84.1 cm³/mol. The minimum atomic E-state index is -0.301. The Kier molecular flexibility index (Phi) is 4.73. The van der Waals surface area contributed by atoms with Crippen LogP contribution in [0.2, 0.25) is 5.02 Å². The Morgan fingerprint density at radius 2 is 2.30 bits per heavy atom. The third-order valence-corrected chi connectivity index (χ3v) is 3.78. The molecule has 0 spiro atoms. The lowest BCUT2D eigenvalue weighted by molar-refractivity contribution is -0.140. The van der Waals surface area contributed by atoms with Gasteiger partial charge in [0.05, 0.1) is 24.4 Å². The van der Waals surface area contributed by atoms with Crippen LogP contribution in [0.3, 0.4) is 0 Å². The largest absolute Gasteiger partial charge is 0.372 e. The second-order valence-corrected chi connectivity index (χ2v) is 5.53. The number of hydrogen-bond donors (Lipinski definition) is 1. The number of morpholine rings is 1. The number of aromatic nitrogens is 4. The first-order valence-corrected chi connectivity index (χ1v) is 7.61. The van der Waals surface area contributed by atoms with Crippen LogP contribution in [-0.4, -0.2) is 57.3 Å². The summed E-state index contributed by atoms with van der Waals surface area (Å²) in [5, 5.41) is 7.53. The number of nitrogens with zero attached hydrogens (tertiary/aromatic N) is 5. The summed E-state index contributed by atoms with van der Waals surface area (Å²) in [5.74, 6) is 0.624. The van der Waals surface area contributed by atoms with Gasteiger partial charge in [-0.2, -0.15) is 5.10 Å². The SMILES string of the molecule is CNc1nccnc1[C@@H]1CN(C(=O)Cn2cc(Cl)cn2)CCO1. The van der Waals surface area contributed by atoms with Gasteiger partial charge >= 0.3 is 0 Å². The molecule has 2 aromatic heterocycles. The molecule has 0 aromatic carbocycles. The van der Waals surface area contributed by atoms with Crippen molar-refractivity contribution >= 4 is 23.3 Å². The fourth-order valence-corrected chi connectivity index (χ4v) is 2.64. The molecule has 1 N–H and O–H groups in total. The van der Waals surface area contributed by atoms with E-state index < -0.39 is 0 Å². The third-order valence-electron chi connectivity index (χ3n) is 3.59. The summed E-state index contributed by atoms with van der Waals surface area (Å²) in [6, 6.07) is 0. The number of carbonyl (C=O) groups excluding carboxylic acids is 1. The number of anilines is 1. The van der Waals surface area contributed by atoms with Crippen molar-refractivity contribution in [1.29, 1.82) is 0 Å². The molecule has 1 aliphatic heterocycles. The normalized spacial score (nSPS) is 18.0. The highest BCUT2D eigenvalue weighted by atomic mass is 35.5. The number of carbonyl (C=O) groups is 1. The maximum absolute atomic E-state index is 12.4. The lowest BCUT2D eigenvalue weighted by Crippen LogP contribution is -2.44. The molecule has 1 amide bonds. The van der Waals surface area contributed by atoms with E-state index in [4.69, 9.17) is 16.3 Å². The average molecular weight is 337 g/mol. The van der Waals surface area contributed by atoms with Gasteiger partial charge in [0.15, 0.2) is 0 Å². The molecule has 8 nitrogen and oxygen atoms in total. The van der Waals surface area contributed by atoms with E-state index in [2.05, 4.69) is 20.4 Å². The highest BCUT2D eigenvalue weighted by Gasteiger charge is 2.28. The van der Waals surface area contributed by atoms with Crippen LogP contribution in [0.25, 0.3) is 0 Å². The van der Waals surface area contributed by atoms with Crippen molar-refractivity contribution in [3.05, 3.63) is 35.5 Å². The molecule has 1 fully saturated rings. The molecule has 1 atom stereocenters. The zero-order chi connectivity index (χ0) is 16.2. The first kappa shape index (κ1) is 15.7. The van der Waals surface area contributed by atoms with Crippen LogP contribution in [0.4, 0.5) is 5.82 Å². The maximum Gasteiger partial charge on any atom is 0.244 e. The van der Waals surface area contributed by atoms with E-state index in [1.54, 1.807) is 30.5 Å². The lowest BCUT2D eigenvalue weighted by atomic mass is 10.2. The van der Waals surface area contributed by atoms with Gasteiger partial charge in [-0.25, -0.2) is 4.98 Å². The maximum atomic E-state index is 12.4. The van der Waals surface area contributed by atoms with E-state index in [1.165, 1.54) is 10.9 Å². The van der Waals surface area contributed by atoms with Gasteiger partial charge in [0.25, 0.3) is 0 Å². The second-order valence-electron chi connectivity index (χ2n) is 5.10. The van der Waals surface area contributed by atoms with Crippen molar-refractivity contribution in [2.24, 2.45) is 0 Å². The van der Waals surface area contributed by atoms with Crippen molar-refractivity contribution in [1.82, 2.24) is 24.6 Å². The summed E-state index contributed by atoms with van der Waals surface area (Å²) in [6.45, 7) is 1.58. The van der Waals surface area contributed by atoms with E-state index in [1.807, 2.05) is 0 Å². The molecular formula is C14H17ClN6O2. The number of hydrogen-bond acceptors (Lipinski definition) is 6. The number of amides is 1. The zero-order valence-electron chi connectivity index (χ0n) is 12.6. The van der Waals surface area contributed by atoms with Crippen LogP contribution in [-0.2, 0) is 16.1 Å². The number of nitrogens with one attached hydrogen (secondary N) is 1. The lowest BCUT2D eigenvalue weighted by Gasteiger charge is -2.33. The Morgan fingerprint density at radius 3 is 3.04 bits per heavy atom. The highest BCUT2D eigenvalue weighted by Crippen LogP contribution is 2.25. The molecule has 2 aromatic rings. The minimum Gasteiger partial charge on any atom is -0.372 e. The molecule has 3 rings (SSSR count). The van der Waals surface area contributed by atoms with Gasteiger partial charge in [0.2, 0.25) is 5.91 Å². The van der Waals surface area contributed by atoms with Crippen LogP contribution in [0.5, 0.6) is 0 Å². The monoisotopic (exact) mass is 336 g/mol. The van der Waals surface area contributed by atoms with Gasteiger partial charge in [-0.3, -0.25) is 14.5 Å². The molecule has 9 heteroatoms. The molecule has 0 saturated carbocycles. The van der Waals surface area contributed by atoms with Crippen molar-refractivity contribution < 1.29 is 9.53 Å². The number of ether oxygens (including phenoxy) is 1. The molecule has 23 heavy (non-hydrogen) atoms. The van der Waals surface area contributed by atoms with Crippen molar-refractivity contribution in [3.8, 4) is 0 Å². The fraction of sp³-hybridized carbons (Fsp3) is 0.429. The smallest absolute Gasteiger partial charge is 0.244 e. The van der Waals surface area contributed by atoms with E-state index in [-0.39, 0.29) is 18.6 Å². The second kappa shape index (κ2) is 6.93. The molecule has 1 saturated heterocycles. The highest BCUT2D eigenvalue weighted by molar-refractivity contribution is 6.30. The summed E-state index contributed by atoms with van der Waals surface area (Å²) in [7, 11) is 1.78. The molecule has 0 bridgehead atoms. The van der Waals surface area contributed by atoms with Crippen molar-refractivity contribution in [2.45, 2.75) is 12.6 Å². The van der Waals surface area contributed by atoms with Gasteiger partial charge in [-0.1, -0.05) is 11.6 Å². The van der Waals surface area contributed by atoms with E-state index >= 15 is 0 Å². The van der Waals surface area contributed by atoms with Gasteiger partial charge in [-0.05, 0) is 0 Å². The van der Waals surface area contributed by atoms with E-state index in [0.717, 1.165) is 0 Å². The molecule has 0 aliphatic carbocycles. The molecular weight excluding hydrogens is 320 g/mol. The van der Waals surface area contributed by atoms with Crippen molar-refractivity contribution in [2.75, 3.05) is 32.1 Å². The van der Waals surface area contributed by atoms with Crippen molar-refractivity contribution in [3.63, 3.8) is 0 Å². The van der Waals surface area contributed by atoms with Crippen LogP contribution >= 0.6 is 11.6 Å². The molecule has 122 valence electrons.